The average Bonchev–Trinajstić information content (AvgIpc) is 2.34. The SMILES string of the molecule is CS(=O)(=O)c1cc(C(=O)N=C(N)N)ccc1C(F)(F)C(F)(F)F. The van der Waals surface area contributed by atoms with Crippen LogP contribution in [0.2, 0.25) is 0 Å². The molecule has 0 fully saturated rings. The Hall–Kier alpha value is -2.24. The fraction of sp³-hybridized carbons (Fsp3) is 0.273. The monoisotopic (exact) mass is 359 g/mol. The lowest BCUT2D eigenvalue weighted by Gasteiger charge is -2.22. The van der Waals surface area contributed by atoms with Gasteiger partial charge in [-0.05, 0) is 12.1 Å². The maximum Gasteiger partial charge on any atom is 0.458 e. The summed E-state index contributed by atoms with van der Waals surface area (Å²) in [5.74, 6) is -7.32. The zero-order chi connectivity index (χ0) is 18.2. The molecule has 0 radical (unpaired) electrons. The van der Waals surface area contributed by atoms with E-state index in [2.05, 4.69) is 4.99 Å². The quantitative estimate of drug-likeness (QED) is 0.477. The molecule has 0 heterocycles. The molecule has 0 saturated carbocycles. The zero-order valence-corrected chi connectivity index (χ0v) is 12.2. The summed E-state index contributed by atoms with van der Waals surface area (Å²) >= 11 is 0. The molecule has 0 spiro atoms. The van der Waals surface area contributed by atoms with Crippen LogP contribution in [-0.2, 0) is 15.8 Å². The summed E-state index contributed by atoms with van der Waals surface area (Å²) < 4.78 is 87.3. The Balaban J connectivity index is 3.65. The molecule has 4 N–H and O–H groups in total. The topological polar surface area (TPSA) is 116 Å². The summed E-state index contributed by atoms with van der Waals surface area (Å²) in [6.07, 6.45) is -5.59. The summed E-state index contributed by atoms with van der Waals surface area (Å²) in [6, 6.07) is 1.12. The van der Waals surface area contributed by atoms with Gasteiger partial charge in [-0.15, -0.1) is 0 Å². The Bertz CT molecular complexity index is 768. The molecular formula is C11H10F5N3O3S. The van der Waals surface area contributed by atoms with Crippen molar-refractivity contribution in [1.82, 2.24) is 0 Å². The second-order valence-electron chi connectivity index (χ2n) is 4.40. The molecule has 0 unspecified atom stereocenters. The van der Waals surface area contributed by atoms with Crippen LogP contribution in [0, 0.1) is 0 Å². The molecule has 6 nitrogen and oxygen atoms in total. The lowest BCUT2D eigenvalue weighted by Crippen LogP contribution is -2.35. The van der Waals surface area contributed by atoms with Gasteiger partial charge in [-0.2, -0.15) is 26.9 Å². The second-order valence-corrected chi connectivity index (χ2v) is 6.38. The largest absolute Gasteiger partial charge is 0.458 e. The van der Waals surface area contributed by atoms with Gasteiger partial charge in [0.1, 0.15) is 0 Å². The summed E-state index contributed by atoms with van der Waals surface area (Å²) in [5.41, 5.74) is 7.49. The number of amides is 1. The highest BCUT2D eigenvalue weighted by Crippen LogP contribution is 2.46. The number of nitrogens with zero attached hydrogens (tertiary/aromatic N) is 1. The van der Waals surface area contributed by atoms with Gasteiger partial charge in [0.25, 0.3) is 5.91 Å². The van der Waals surface area contributed by atoms with Gasteiger partial charge in [-0.3, -0.25) is 4.79 Å². The molecule has 0 bridgehead atoms. The van der Waals surface area contributed by atoms with Crippen LogP contribution in [0.3, 0.4) is 0 Å². The van der Waals surface area contributed by atoms with Crippen LogP contribution >= 0.6 is 0 Å². The molecular weight excluding hydrogens is 349 g/mol. The number of benzene rings is 1. The highest BCUT2D eigenvalue weighted by atomic mass is 32.2. The van der Waals surface area contributed by atoms with Gasteiger partial charge in [-0.1, -0.05) is 6.07 Å². The van der Waals surface area contributed by atoms with Gasteiger partial charge in [-0.25, -0.2) is 8.42 Å². The van der Waals surface area contributed by atoms with Crippen molar-refractivity contribution in [2.75, 3.05) is 6.26 Å². The minimum Gasteiger partial charge on any atom is -0.370 e. The molecule has 0 aliphatic rings. The Morgan fingerprint density at radius 3 is 2.04 bits per heavy atom. The van der Waals surface area contributed by atoms with E-state index in [1.807, 2.05) is 0 Å². The van der Waals surface area contributed by atoms with Gasteiger partial charge in [0.2, 0.25) is 0 Å². The number of carbonyl (C=O) groups is 1. The molecule has 0 atom stereocenters. The van der Waals surface area contributed by atoms with Crippen molar-refractivity contribution < 1.29 is 35.2 Å². The Morgan fingerprint density at radius 1 is 1.13 bits per heavy atom. The van der Waals surface area contributed by atoms with E-state index in [9.17, 15) is 35.2 Å². The van der Waals surface area contributed by atoms with Gasteiger partial charge < -0.3 is 11.5 Å². The van der Waals surface area contributed by atoms with Gasteiger partial charge in [0, 0.05) is 17.4 Å². The number of sulfone groups is 1. The van der Waals surface area contributed by atoms with Crippen LogP contribution in [0.25, 0.3) is 0 Å². The second kappa shape index (κ2) is 5.76. The minimum atomic E-state index is -6.02. The number of halogens is 5. The number of alkyl halides is 5. The van der Waals surface area contributed by atoms with Crippen LogP contribution < -0.4 is 11.5 Å². The molecule has 1 amide bonds. The Kier molecular flexibility index (Phi) is 4.71. The average molecular weight is 359 g/mol. The molecule has 0 saturated heterocycles. The molecule has 23 heavy (non-hydrogen) atoms. The van der Waals surface area contributed by atoms with E-state index in [0.29, 0.717) is 18.4 Å². The summed E-state index contributed by atoms with van der Waals surface area (Å²) in [7, 11) is -4.50. The number of aliphatic imine (C=N–C) groups is 1. The number of nitrogens with two attached hydrogens (primary N) is 2. The Morgan fingerprint density at radius 2 is 1.65 bits per heavy atom. The first kappa shape index (κ1) is 18.8. The van der Waals surface area contributed by atoms with Crippen LogP contribution in [-0.4, -0.2) is 32.7 Å². The summed E-state index contributed by atoms with van der Waals surface area (Å²) in [4.78, 5) is 13.2. The van der Waals surface area contributed by atoms with Crippen LogP contribution in [0.15, 0.2) is 28.1 Å². The van der Waals surface area contributed by atoms with Gasteiger partial charge >= 0.3 is 12.1 Å². The van der Waals surface area contributed by atoms with Crippen molar-refractivity contribution in [2.24, 2.45) is 16.5 Å². The summed E-state index contributed by atoms with van der Waals surface area (Å²) in [6.45, 7) is 0. The number of hydrogen-bond acceptors (Lipinski definition) is 3. The van der Waals surface area contributed by atoms with E-state index in [1.54, 1.807) is 0 Å². The van der Waals surface area contributed by atoms with Crippen molar-refractivity contribution in [3.05, 3.63) is 29.3 Å². The molecule has 12 heteroatoms. The molecule has 0 aliphatic carbocycles. The van der Waals surface area contributed by atoms with Crippen molar-refractivity contribution in [3.63, 3.8) is 0 Å². The minimum absolute atomic E-state index is 0.194. The van der Waals surface area contributed by atoms with E-state index in [1.165, 1.54) is 0 Å². The van der Waals surface area contributed by atoms with E-state index < -0.39 is 49.8 Å². The van der Waals surface area contributed by atoms with Gasteiger partial charge in [0.05, 0.1) is 4.90 Å². The van der Waals surface area contributed by atoms with Crippen molar-refractivity contribution >= 4 is 21.7 Å². The standard InChI is InChI=1S/C11H10F5N3O3S/c1-23(21,22)7-4-5(8(20)19-9(17)18)2-3-6(7)10(12,13)11(14,15)16/h2-4H,1H3,(H4,17,18,19,20). The Labute approximate surface area is 126 Å². The third-order valence-corrected chi connectivity index (χ3v) is 3.69. The van der Waals surface area contributed by atoms with E-state index in [4.69, 9.17) is 11.5 Å². The van der Waals surface area contributed by atoms with E-state index in [-0.39, 0.29) is 6.07 Å². The number of carbonyl (C=O) groups excluding carboxylic acids is 1. The lowest BCUT2D eigenvalue weighted by atomic mass is 10.1. The third-order valence-electron chi connectivity index (χ3n) is 2.55. The lowest BCUT2D eigenvalue weighted by molar-refractivity contribution is -0.290. The predicted octanol–water partition coefficient (Wildman–Crippen LogP) is 1.16. The van der Waals surface area contributed by atoms with Crippen molar-refractivity contribution in [2.45, 2.75) is 17.0 Å². The number of guanidine groups is 1. The highest BCUT2D eigenvalue weighted by molar-refractivity contribution is 7.90. The molecule has 1 aromatic rings. The summed E-state index contributed by atoms with van der Waals surface area (Å²) in [5, 5.41) is 0. The van der Waals surface area contributed by atoms with Crippen LogP contribution in [0.4, 0.5) is 22.0 Å². The smallest absolute Gasteiger partial charge is 0.370 e. The van der Waals surface area contributed by atoms with Crippen molar-refractivity contribution in [1.29, 1.82) is 0 Å². The molecule has 128 valence electrons. The third kappa shape index (κ3) is 3.94. The maximum absolute atomic E-state index is 13.5. The zero-order valence-electron chi connectivity index (χ0n) is 11.4. The first-order valence-electron chi connectivity index (χ1n) is 5.61. The fourth-order valence-electron chi connectivity index (χ4n) is 1.56. The highest BCUT2D eigenvalue weighted by Gasteiger charge is 2.60. The fourth-order valence-corrected chi connectivity index (χ4v) is 2.49. The molecule has 0 aromatic heterocycles. The first-order chi connectivity index (χ1) is 10.2. The van der Waals surface area contributed by atoms with E-state index in [0.717, 1.165) is 0 Å². The number of hydrogen-bond donors (Lipinski definition) is 2. The maximum atomic E-state index is 13.5. The van der Waals surface area contributed by atoms with E-state index >= 15 is 0 Å². The van der Waals surface area contributed by atoms with Gasteiger partial charge in [0.15, 0.2) is 15.8 Å². The molecule has 1 aromatic carbocycles. The van der Waals surface area contributed by atoms with Crippen LogP contribution in [0.1, 0.15) is 15.9 Å². The molecule has 1 rings (SSSR count). The van der Waals surface area contributed by atoms with Crippen LogP contribution in [0.5, 0.6) is 0 Å². The predicted molar refractivity (Wildman–Crippen MR) is 69.6 cm³/mol. The first-order valence-corrected chi connectivity index (χ1v) is 7.50. The normalized spacial score (nSPS) is 12.8. The number of rotatable bonds is 3. The van der Waals surface area contributed by atoms with Crippen molar-refractivity contribution in [3.8, 4) is 0 Å². The molecule has 0 aliphatic heterocycles.